The molecule has 0 fully saturated rings. The first-order chi connectivity index (χ1) is 14.1. The molecule has 3 aromatic heterocycles. The van der Waals surface area contributed by atoms with Gasteiger partial charge in [-0.25, -0.2) is 14.5 Å². The van der Waals surface area contributed by atoms with Gasteiger partial charge in [0.2, 0.25) is 0 Å². The van der Waals surface area contributed by atoms with Crippen molar-refractivity contribution in [2.45, 2.75) is 32.9 Å². The van der Waals surface area contributed by atoms with Gasteiger partial charge in [-0.05, 0) is 37.6 Å². The third-order valence-electron chi connectivity index (χ3n) is 5.75. The number of ether oxygens (including phenoxy) is 2. The van der Waals surface area contributed by atoms with Crippen molar-refractivity contribution < 1.29 is 14.4 Å². The van der Waals surface area contributed by atoms with Gasteiger partial charge in [-0.15, -0.1) is 16.4 Å². The van der Waals surface area contributed by atoms with E-state index >= 15 is 0 Å². The fourth-order valence-corrected chi connectivity index (χ4v) is 5.31. The summed E-state index contributed by atoms with van der Waals surface area (Å²) in [5.74, 6) is 2.01. The van der Waals surface area contributed by atoms with Gasteiger partial charge in [0.05, 0.1) is 37.1 Å². The van der Waals surface area contributed by atoms with Gasteiger partial charge < -0.3 is 14.4 Å². The number of benzene rings is 1. The molecule has 0 bridgehead atoms. The minimum absolute atomic E-state index is 0.631. The first-order valence-electron chi connectivity index (χ1n) is 9.81. The Morgan fingerprint density at radius 2 is 2.00 bits per heavy atom. The number of aromatic nitrogens is 4. The molecule has 0 aliphatic carbocycles. The maximum atomic E-state index is 5.43. The Bertz CT molecular complexity index is 1210. The lowest BCUT2D eigenvalue weighted by Crippen LogP contribution is -3.14. The van der Waals surface area contributed by atoms with E-state index in [2.05, 4.69) is 23.9 Å². The van der Waals surface area contributed by atoms with Gasteiger partial charge in [0.1, 0.15) is 17.7 Å². The van der Waals surface area contributed by atoms with Crippen molar-refractivity contribution in [2.75, 3.05) is 20.8 Å². The molecule has 29 heavy (non-hydrogen) atoms. The molecule has 4 aromatic rings. The smallest absolute Gasteiger partial charge is 0.182 e. The van der Waals surface area contributed by atoms with E-state index in [0.717, 1.165) is 40.9 Å². The lowest BCUT2D eigenvalue weighted by Gasteiger charge is -2.27. The van der Waals surface area contributed by atoms with E-state index < -0.39 is 0 Å². The van der Waals surface area contributed by atoms with Crippen LogP contribution in [-0.4, -0.2) is 46.4 Å². The van der Waals surface area contributed by atoms with Crippen molar-refractivity contribution in [3.05, 3.63) is 35.0 Å². The van der Waals surface area contributed by atoms with Crippen LogP contribution in [0.4, 0.5) is 0 Å². The zero-order chi connectivity index (χ0) is 20.1. The number of thiophene rings is 1. The molecular formula is C21H24N5O2S+. The highest BCUT2D eigenvalue weighted by molar-refractivity contribution is 7.19. The van der Waals surface area contributed by atoms with Crippen molar-refractivity contribution in [2.24, 2.45) is 0 Å². The Kier molecular flexibility index (Phi) is 4.40. The normalized spacial score (nSPS) is 16.5. The van der Waals surface area contributed by atoms with Gasteiger partial charge in [0.25, 0.3) is 0 Å². The van der Waals surface area contributed by atoms with Gasteiger partial charge in [-0.3, -0.25) is 0 Å². The van der Waals surface area contributed by atoms with Crippen molar-refractivity contribution in [3.8, 4) is 22.9 Å². The van der Waals surface area contributed by atoms with E-state index in [9.17, 15) is 0 Å². The number of nitrogens with one attached hydrogen (secondary N) is 1. The molecule has 4 heterocycles. The van der Waals surface area contributed by atoms with E-state index in [-0.39, 0.29) is 0 Å². The summed E-state index contributed by atoms with van der Waals surface area (Å²) in [5.41, 5.74) is 3.17. The van der Waals surface area contributed by atoms with Gasteiger partial charge in [0, 0.05) is 12.0 Å². The van der Waals surface area contributed by atoms with Crippen molar-refractivity contribution in [3.63, 3.8) is 0 Å². The molecular weight excluding hydrogens is 386 g/mol. The number of quaternary nitrogens is 1. The van der Waals surface area contributed by atoms with Crippen LogP contribution in [0.15, 0.2) is 24.5 Å². The topological polar surface area (TPSA) is 66.0 Å². The second kappa shape index (κ2) is 6.96. The van der Waals surface area contributed by atoms with Crippen LogP contribution in [0.3, 0.4) is 0 Å². The summed E-state index contributed by atoms with van der Waals surface area (Å²) in [4.78, 5) is 13.7. The monoisotopic (exact) mass is 410 g/mol. The van der Waals surface area contributed by atoms with E-state index in [1.807, 2.05) is 18.2 Å². The molecule has 1 unspecified atom stereocenters. The second-order valence-corrected chi connectivity index (χ2v) is 8.78. The molecule has 1 aliphatic rings. The van der Waals surface area contributed by atoms with Crippen molar-refractivity contribution >= 4 is 27.2 Å². The first-order valence-corrected chi connectivity index (χ1v) is 10.6. The van der Waals surface area contributed by atoms with Crippen LogP contribution in [0.2, 0.25) is 0 Å². The molecule has 7 nitrogen and oxygen atoms in total. The molecule has 8 heteroatoms. The molecule has 1 aromatic carbocycles. The van der Waals surface area contributed by atoms with Crippen LogP contribution >= 0.6 is 11.3 Å². The van der Waals surface area contributed by atoms with Crippen LogP contribution in [0.5, 0.6) is 11.5 Å². The molecule has 1 N–H and O–H groups in total. The standard InChI is InChI=1S/C21H23N5O2S/c1-12(2)25-8-7-14-17(10-25)29-21-18(14)20-23-19(24-26(20)11-22-21)13-5-6-15(27-3)16(9-13)28-4/h5-6,9,11-12H,7-8,10H2,1-4H3/p+1. The lowest BCUT2D eigenvalue weighted by atomic mass is 10.0. The highest BCUT2D eigenvalue weighted by Crippen LogP contribution is 2.35. The average molecular weight is 411 g/mol. The molecule has 0 radical (unpaired) electrons. The first kappa shape index (κ1) is 18.3. The summed E-state index contributed by atoms with van der Waals surface area (Å²) in [6.45, 7) is 6.79. The van der Waals surface area contributed by atoms with Crippen LogP contribution in [0.1, 0.15) is 24.3 Å². The van der Waals surface area contributed by atoms with Gasteiger partial charge in [-0.1, -0.05) is 0 Å². The lowest BCUT2D eigenvalue weighted by molar-refractivity contribution is -0.936. The van der Waals surface area contributed by atoms with Crippen LogP contribution in [-0.2, 0) is 13.0 Å². The number of hydrogen-bond acceptors (Lipinski definition) is 6. The zero-order valence-electron chi connectivity index (χ0n) is 17.0. The Hall–Kier alpha value is -2.71. The highest BCUT2D eigenvalue weighted by atomic mass is 32.1. The molecule has 1 aliphatic heterocycles. The maximum Gasteiger partial charge on any atom is 0.182 e. The summed E-state index contributed by atoms with van der Waals surface area (Å²) < 4.78 is 12.6. The number of nitrogens with zero attached hydrogens (tertiary/aromatic N) is 4. The summed E-state index contributed by atoms with van der Waals surface area (Å²) >= 11 is 1.80. The summed E-state index contributed by atoms with van der Waals surface area (Å²) in [5, 5.41) is 5.84. The number of hydrogen-bond donors (Lipinski definition) is 1. The molecule has 0 saturated heterocycles. The fraction of sp³-hybridized carbons (Fsp3) is 0.381. The average Bonchev–Trinajstić information content (AvgIpc) is 3.33. The van der Waals surface area contributed by atoms with Crippen molar-refractivity contribution in [1.82, 2.24) is 19.6 Å². The maximum absolute atomic E-state index is 5.43. The van der Waals surface area contributed by atoms with Crippen LogP contribution in [0, 0.1) is 0 Å². The fourth-order valence-electron chi connectivity index (χ4n) is 4.08. The number of methoxy groups -OCH3 is 2. The molecule has 1 atom stereocenters. The minimum Gasteiger partial charge on any atom is -0.493 e. The van der Waals surface area contributed by atoms with E-state index in [1.54, 1.807) is 41.3 Å². The Morgan fingerprint density at radius 3 is 2.76 bits per heavy atom. The third-order valence-corrected chi connectivity index (χ3v) is 6.89. The largest absolute Gasteiger partial charge is 0.493 e. The minimum atomic E-state index is 0.631. The van der Waals surface area contributed by atoms with Crippen LogP contribution < -0.4 is 14.4 Å². The summed E-state index contributed by atoms with van der Waals surface area (Å²) in [6.07, 6.45) is 2.83. The van der Waals surface area contributed by atoms with E-state index in [4.69, 9.17) is 14.5 Å². The van der Waals surface area contributed by atoms with Crippen molar-refractivity contribution in [1.29, 1.82) is 0 Å². The van der Waals surface area contributed by atoms with Crippen LogP contribution in [0.25, 0.3) is 27.3 Å². The Balaban J connectivity index is 1.63. The zero-order valence-corrected chi connectivity index (χ0v) is 17.8. The molecule has 0 spiro atoms. The molecule has 150 valence electrons. The van der Waals surface area contributed by atoms with Gasteiger partial charge in [0.15, 0.2) is 23.0 Å². The summed E-state index contributed by atoms with van der Waals surface area (Å²) in [7, 11) is 3.26. The van der Waals surface area contributed by atoms with E-state index in [1.165, 1.54) is 10.4 Å². The van der Waals surface area contributed by atoms with E-state index in [0.29, 0.717) is 23.4 Å². The Morgan fingerprint density at radius 1 is 1.17 bits per heavy atom. The Labute approximate surface area is 172 Å². The number of rotatable bonds is 4. The number of fused-ring (bicyclic) bond motifs is 5. The van der Waals surface area contributed by atoms with Gasteiger partial charge >= 0.3 is 0 Å². The molecule has 0 saturated carbocycles. The summed E-state index contributed by atoms with van der Waals surface area (Å²) in [6, 6.07) is 6.37. The third kappa shape index (κ3) is 2.94. The predicted molar refractivity (Wildman–Crippen MR) is 113 cm³/mol. The second-order valence-electron chi connectivity index (χ2n) is 7.69. The predicted octanol–water partition coefficient (Wildman–Crippen LogP) is 2.37. The molecule has 0 amide bonds. The SMILES string of the molecule is COc1ccc(-c2nc3c4c5c(sc4ncn3n2)C[NH+](C(C)C)CC5)cc1OC. The highest BCUT2D eigenvalue weighted by Gasteiger charge is 2.27. The van der Waals surface area contributed by atoms with Gasteiger partial charge in [-0.2, -0.15) is 0 Å². The molecule has 5 rings (SSSR count). The quantitative estimate of drug-likeness (QED) is 0.560.